The van der Waals surface area contributed by atoms with Gasteiger partial charge in [0.1, 0.15) is 6.33 Å². The van der Waals surface area contributed by atoms with E-state index in [0.717, 1.165) is 0 Å². The van der Waals surface area contributed by atoms with Crippen LogP contribution in [0.25, 0.3) is 11.4 Å². The average molecular weight is 500 g/mol. The Morgan fingerprint density at radius 1 is 1.23 bits per heavy atom. The van der Waals surface area contributed by atoms with Crippen LogP contribution in [-0.4, -0.2) is 40.8 Å². The van der Waals surface area contributed by atoms with Gasteiger partial charge in [-0.3, -0.25) is 9.48 Å². The van der Waals surface area contributed by atoms with Crippen molar-refractivity contribution in [3.8, 4) is 11.4 Å². The van der Waals surface area contributed by atoms with Gasteiger partial charge in [0.2, 0.25) is 11.8 Å². The zero-order valence-electron chi connectivity index (χ0n) is 19.7. The summed E-state index contributed by atoms with van der Waals surface area (Å²) in [6, 6.07) is 2.45. The fourth-order valence-corrected chi connectivity index (χ4v) is 3.46. The molecule has 1 amide bonds. The molecule has 0 unspecified atom stereocenters. The van der Waals surface area contributed by atoms with Crippen molar-refractivity contribution >= 4 is 29.1 Å². The van der Waals surface area contributed by atoms with E-state index in [1.54, 1.807) is 37.1 Å². The minimum atomic E-state index is -0.724. The van der Waals surface area contributed by atoms with Crippen molar-refractivity contribution in [3.63, 3.8) is 0 Å². The molecule has 0 saturated heterocycles. The Morgan fingerprint density at radius 2 is 2.00 bits per heavy atom. The second kappa shape index (κ2) is 9.37. The zero-order chi connectivity index (χ0) is 25.3. The van der Waals surface area contributed by atoms with E-state index in [2.05, 4.69) is 40.8 Å². The number of carbonyl (C=O) groups excluding carboxylic acids is 1. The lowest BCUT2D eigenvalue weighted by atomic mass is 9.97. The summed E-state index contributed by atoms with van der Waals surface area (Å²) in [5.74, 6) is -0.764. The average Bonchev–Trinajstić information content (AvgIpc) is 3.45. The Morgan fingerprint density at radius 3 is 2.66 bits per heavy atom. The Kier molecular flexibility index (Phi) is 6.48. The van der Waals surface area contributed by atoms with Gasteiger partial charge in [0.15, 0.2) is 11.6 Å². The highest BCUT2D eigenvalue weighted by Gasteiger charge is 2.26. The number of carbonyl (C=O) groups is 1. The van der Waals surface area contributed by atoms with Crippen molar-refractivity contribution in [1.82, 2.24) is 40.2 Å². The molecule has 2 N–H and O–H groups in total. The van der Waals surface area contributed by atoms with Gasteiger partial charge in [-0.05, 0) is 18.6 Å². The molecule has 0 saturated carbocycles. The van der Waals surface area contributed by atoms with E-state index in [-0.39, 0.29) is 28.2 Å². The van der Waals surface area contributed by atoms with Crippen LogP contribution >= 0.6 is 11.6 Å². The molecule has 3 heterocycles. The lowest BCUT2D eigenvalue weighted by Crippen LogP contribution is -2.28. The molecule has 4 rings (SSSR count). The number of anilines is 2. The Bertz CT molecular complexity index is 1380. The molecule has 35 heavy (non-hydrogen) atoms. The number of nitrogens with zero attached hydrogens (tertiary/aromatic N) is 7. The number of nitrogens with one attached hydrogen (secondary N) is 2. The topological polar surface area (TPSA) is 137 Å². The van der Waals surface area contributed by atoms with E-state index in [1.807, 2.05) is 20.8 Å². The Balaban J connectivity index is 1.53. The van der Waals surface area contributed by atoms with Crippen LogP contribution in [0.15, 0.2) is 35.4 Å². The van der Waals surface area contributed by atoms with Crippen LogP contribution in [0, 0.1) is 5.82 Å². The van der Waals surface area contributed by atoms with E-state index >= 15 is 4.39 Å². The first kappa shape index (κ1) is 24.2. The third-order valence-electron chi connectivity index (χ3n) is 4.97. The maximum Gasteiger partial charge on any atom is 0.293 e. The first-order valence-corrected chi connectivity index (χ1v) is 11.0. The molecular weight excluding hydrogens is 477 g/mol. The van der Waals surface area contributed by atoms with Crippen LogP contribution < -0.4 is 10.6 Å². The van der Waals surface area contributed by atoms with Crippen molar-refractivity contribution < 1.29 is 13.7 Å². The molecule has 0 aliphatic rings. The number of benzene rings is 1. The SMILES string of the molecule is C[C@@H](NC(=O)c1noc(C(C)(C)C)n1)c1ccc(-c2ncnc(Nc3cnn(C)c3)n2)c(F)c1Cl. The molecule has 11 nitrogen and oxygen atoms in total. The number of amides is 1. The van der Waals surface area contributed by atoms with Crippen LogP contribution in [0.3, 0.4) is 0 Å². The number of hydrogen-bond donors (Lipinski definition) is 2. The molecule has 13 heteroatoms. The molecule has 0 spiro atoms. The van der Waals surface area contributed by atoms with Crippen LogP contribution in [-0.2, 0) is 12.5 Å². The Labute approximate surface area is 205 Å². The van der Waals surface area contributed by atoms with E-state index in [1.165, 1.54) is 12.4 Å². The third kappa shape index (κ3) is 5.27. The maximum atomic E-state index is 15.2. The van der Waals surface area contributed by atoms with Gasteiger partial charge >= 0.3 is 0 Å². The molecule has 0 fully saturated rings. The van der Waals surface area contributed by atoms with Gasteiger partial charge in [0.05, 0.1) is 28.5 Å². The lowest BCUT2D eigenvalue weighted by Gasteiger charge is -2.16. The maximum absolute atomic E-state index is 15.2. The fraction of sp³-hybridized carbons (Fsp3) is 0.318. The van der Waals surface area contributed by atoms with Gasteiger partial charge in [-0.25, -0.2) is 14.4 Å². The summed E-state index contributed by atoms with van der Waals surface area (Å²) < 4.78 is 22.0. The minimum absolute atomic E-state index is 0.0851. The molecule has 1 aromatic carbocycles. The van der Waals surface area contributed by atoms with Crippen LogP contribution in [0.5, 0.6) is 0 Å². The van der Waals surface area contributed by atoms with E-state index in [0.29, 0.717) is 17.1 Å². The first-order valence-electron chi connectivity index (χ1n) is 10.6. The van der Waals surface area contributed by atoms with E-state index in [4.69, 9.17) is 16.1 Å². The van der Waals surface area contributed by atoms with Crippen molar-refractivity contribution in [1.29, 1.82) is 0 Å². The summed E-state index contributed by atoms with van der Waals surface area (Å²) in [6.07, 6.45) is 4.61. The molecule has 4 aromatic rings. The normalized spacial score (nSPS) is 12.4. The van der Waals surface area contributed by atoms with Crippen molar-refractivity contribution in [2.45, 2.75) is 39.2 Å². The van der Waals surface area contributed by atoms with Crippen molar-refractivity contribution in [3.05, 3.63) is 59.0 Å². The highest BCUT2D eigenvalue weighted by atomic mass is 35.5. The largest absolute Gasteiger partial charge is 0.343 e. The molecular formula is C22H23ClFN9O2. The van der Waals surface area contributed by atoms with Gasteiger partial charge in [-0.15, -0.1) is 0 Å². The summed E-state index contributed by atoms with van der Waals surface area (Å²) in [7, 11) is 1.78. The highest BCUT2D eigenvalue weighted by Crippen LogP contribution is 2.32. The number of aromatic nitrogens is 7. The predicted molar refractivity (Wildman–Crippen MR) is 126 cm³/mol. The molecule has 3 aromatic heterocycles. The Hall–Kier alpha value is -3.93. The standard InChI is InChI=1S/C22H23ClFN9O2/c1-11(28-19(34)18-30-20(35-32-18)22(2,3)4)13-6-7-14(16(24)15(13)23)17-25-10-26-21(31-17)29-12-8-27-33(5)9-12/h6-11H,1-5H3,(H,28,34)(H,25,26,29,31)/t11-/m1/s1. The number of hydrogen-bond acceptors (Lipinski definition) is 9. The number of rotatable bonds is 6. The van der Waals surface area contributed by atoms with Gasteiger partial charge in [0.25, 0.3) is 11.7 Å². The molecule has 1 atom stereocenters. The lowest BCUT2D eigenvalue weighted by molar-refractivity contribution is 0.0926. The van der Waals surface area contributed by atoms with Crippen molar-refractivity contribution in [2.24, 2.45) is 7.05 Å². The molecule has 182 valence electrons. The quantitative estimate of drug-likeness (QED) is 0.403. The number of aryl methyl sites for hydroxylation is 1. The summed E-state index contributed by atoms with van der Waals surface area (Å²) in [5.41, 5.74) is 0.715. The minimum Gasteiger partial charge on any atom is -0.343 e. The first-order chi connectivity index (χ1) is 16.5. The van der Waals surface area contributed by atoms with Gasteiger partial charge in [-0.1, -0.05) is 43.6 Å². The van der Waals surface area contributed by atoms with Crippen molar-refractivity contribution in [2.75, 3.05) is 5.32 Å². The summed E-state index contributed by atoms with van der Waals surface area (Å²) in [4.78, 5) is 29.1. The molecule has 0 aliphatic carbocycles. The van der Waals surface area contributed by atoms with Crippen LogP contribution in [0.1, 0.15) is 55.8 Å². The van der Waals surface area contributed by atoms with Crippen LogP contribution in [0.2, 0.25) is 5.02 Å². The number of halogens is 2. The second-order valence-corrected chi connectivity index (χ2v) is 9.24. The molecule has 0 aliphatic heterocycles. The zero-order valence-corrected chi connectivity index (χ0v) is 20.4. The van der Waals surface area contributed by atoms with Crippen LogP contribution in [0.4, 0.5) is 16.0 Å². The summed E-state index contributed by atoms with van der Waals surface area (Å²) >= 11 is 6.33. The molecule has 0 bridgehead atoms. The van der Waals surface area contributed by atoms with E-state index in [9.17, 15) is 4.79 Å². The summed E-state index contributed by atoms with van der Waals surface area (Å²) in [5, 5.41) is 13.3. The monoisotopic (exact) mass is 499 g/mol. The predicted octanol–water partition coefficient (Wildman–Crippen LogP) is 3.98. The molecule has 0 radical (unpaired) electrons. The van der Waals surface area contributed by atoms with Gasteiger partial charge in [-0.2, -0.15) is 15.1 Å². The second-order valence-electron chi connectivity index (χ2n) is 8.86. The fourth-order valence-electron chi connectivity index (χ4n) is 3.13. The summed E-state index contributed by atoms with van der Waals surface area (Å²) in [6.45, 7) is 7.33. The van der Waals surface area contributed by atoms with E-state index < -0.39 is 23.2 Å². The van der Waals surface area contributed by atoms with Gasteiger partial charge in [0, 0.05) is 18.7 Å². The smallest absolute Gasteiger partial charge is 0.293 e. The third-order valence-corrected chi connectivity index (χ3v) is 5.35. The van der Waals surface area contributed by atoms with Gasteiger partial charge < -0.3 is 15.2 Å². The highest BCUT2D eigenvalue weighted by molar-refractivity contribution is 6.32.